The third kappa shape index (κ3) is 8.69. The molecule has 0 aromatic heterocycles. The lowest BCUT2D eigenvalue weighted by Gasteiger charge is -2.09. The van der Waals surface area contributed by atoms with Crippen molar-refractivity contribution in [1.29, 1.82) is 0 Å². The van der Waals surface area contributed by atoms with Gasteiger partial charge in [0, 0.05) is 6.42 Å². The predicted molar refractivity (Wildman–Crippen MR) is 45.8 cm³/mol. The second-order valence-corrected chi connectivity index (χ2v) is 2.77. The molecule has 86 valence electrons. The van der Waals surface area contributed by atoms with Crippen LogP contribution >= 0.6 is 0 Å². The van der Waals surface area contributed by atoms with Crippen LogP contribution in [0, 0.1) is 0 Å². The molecule has 0 heterocycles. The van der Waals surface area contributed by atoms with Crippen molar-refractivity contribution in [2.24, 2.45) is 0 Å². The van der Waals surface area contributed by atoms with Gasteiger partial charge in [0.15, 0.2) is 0 Å². The number of carboxylic acid groups (broad SMARTS) is 2. The molecule has 3 N–H and O–H groups in total. The van der Waals surface area contributed by atoms with Gasteiger partial charge >= 0.3 is 17.9 Å². The molecule has 0 bridgehead atoms. The van der Waals surface area contributed by atoms with E-state index in [1.807, 2.05) is 0 Å². The Hall–Kier alpha value is -1.63. The second kappa shape index (κ2) is 6.77. The largest absolute Gasteiger partial charge is 0.481 e. The minimum Gasteiger partial charge on any atom is -0.481 e. The molecule has 0 rings (SSSR count). The van der Waals surface area contributed by atoms with Gasteiger partial charge in [-0.1, -0.05) is 0 Å². The molecule has 0 spiro atoms. The monoisotopic (exact) mass is 220 g/mol. The summed E-state index contributed by atoms with van der Waals surface area (Å²) in [4.78, 5) is 30.9. The van der Waals surface area contributed by atoms with Crippen LogP contribution in [0.15, 0.2) is 0 Å². The number of aliphatic hydroxyl groups is 1. The highest BCUT2D eigenvalue weighted by atomic mass is 16.6. The van der Waals surface area contributed by atoms with E-state index in [-0.39, 0.29) is 25.7 Å². The maximum atomic E-state index is 10.8. The van der Waals surface area contributed by atoms with Crippen molar-refractivity contribution in [3.63, 3.8) is 0 Å². The van der Waals surface area contributed by atoms with E-state index in [4.69, 9.17) is 15.3 Å². The number of ether oxygens (including phenoxy) is 1. The Morgan fingerprint density at radius 1 is 1.00 bits per heavy atom. The van der Waals surface area contributed by atoms with Gasteiger partial charge in [0.25, 0.3) is 0 Å². The van der Waals surface area contributed by atoms with E-state index >= 15 is 0 Å². The number of hydrogen-bond acceptors (Lipinski definition) is 5. The zero-order valence-electron chi connectivity index (χ0n) is 7.88. The maximum Gasteiger partial charge on any atom is 0.308 e. The molecule has 7 nitrogen and oxygen atoms in total. The van der Waals surface area contributed by atoms with Crippen molar-refractivity contribution in [1.82, 2.24) is 0 Å². The van der Waals surface area contributed by atoms with Gasteiger partial charge in [-0.25, -0.2) is 0 Å². The summed E-state index contributed by atoms with van der Waals surface area (Å²) in [5.74, 6) is -3.13. The van der Waals surface area contributed by atoms with Crippen molar-refractivity contribution in [2.45, 2.75) is 32.0 Å². The number of carboxylic acids is 2. The number of rotatable bonds is 7. The molecular weight excluding hydrogens is 208 g/mol. The third-order valence-electron chi connectivity index (χ3n) is 1.42. The average Bonchev–Trinajstić information content (AvgIpc) is 2.11. The van der Waals surface area contributed by atoms with Crippen LogP contribution in [0.25, 0.3) is 0 Å². The van der Waals surface area contributed by atoms with Crippen molar-refractivity contribution < 1.29 is 34.4 Å². The second-order valence-electron chi connectivity index (χ2n) is 2.77. The molecule has 1 unspecified atom stereocenters. The first-order valence-corrected chi connectivity index (χ1v) is 4.23. The van der Waals surface area contributed by atoms with E-state index in [0.29, 0.717) is 0 Å². The summed E-state index contributed by atoms with van der Waals surface area (Å²) in [5, 5.41) is 25.4. The molecule has 0 amide bonds. The van der Waals surface area contributed by atoms with E-state index in [1.54, 1.807) is 0 Å². The van der Waals surface area contributed by atoms with Crippen LogP contribution in [0.5, 0.6) is 0 Å². The fourth-order valence-electron chi connectivity index (χ4n) is 0.726. The summed E-state index contributed by atoms with van der Waals surface area (Å²) in [6.07, 6.45) is -2.77. The summed E-state index contributed by atoms with van der Waals surface area (Å²) in [7, 11) is 0. The first-order valence-electron chi connectivity index (χ1n) is 4.23. The van der Waals surface area contributed by atoms with Gasteiger partial charge in [0.2, 0.25) is 6.29 Å². The van der Waals surface area contributed by atoms with E-state index in [1.165, 1.54) is 0 Å². The van der Waals surface area contributed by atoms with Crippen molar-refractivity contribution in [3.05, 3.63) is 0 Å². The average molecular weight is 220 g/mol. The molecule has 15 heavy (non-hydrogen) atoms. The first kappa shape index (κ1) is 13.4. The number of aliphatic hydroxyl groups excluding tert-OH is 1. The molecule has 0 saturated heterocycles. The summed E-state index contributed by atoms with van der Waals surface area (Å²) >= 11 is 0. The SMILES string of the molecule is O=C(O)CCC(=O)OC(O)CCC(=O)O. The number of carbonyl (C=O) groups is 3. The molecule has 0 aliphatic heterocycles. The Bertz CT molecular complexity index is 247. The van der Waals surface area contributed by atoms with Crippen LogP contribution in [0.4, 0.5) is 0 Å². The number of carbonyl (C=O) groups excluding carboxylic acids is 1. The smallest absolute Gasteiger partial charge is 0.308 e. The number of hydrogen-bond donors (Lipinski definition) is 3. The Morgan fingerprint density at radius 2 is 1.53 bits per heavy atom. The topological polar surface area (TPSA) is 121 Å². The zero-order chi connectivity index (χ0) is 11.8. The fraction of sp³-hybridized carbons (Fsp3) is 0.625. The van der Waals surface area contributed by atoms with E-state index in [9.17, 15) is 14.4 Å². The number of aliphatic carboxylic acids is 2. The fourth-order valence-corrected chi connectivity index (χ4v) is 0.726. The van der Waals surface area contributed by atoms with Crippen LogP contribution in [0.2, 0.25) is 0 Å². The maximum absolute atomic E-state index is 10.8. The van der Waals surface area contributed by atoms with Crippen molar-refractivity contribution in [3.8, 4) is 0 Å². The van der Waals surface area contributed by atoms with Gasteiger partial charge in [0.05, 0.1) is 19.3 Å². The third-order valence-corrected chi connectivity index (χ3v) is 1.42. The lowest BCUT2D eigenvalue weighted by atomic mass is 10.3. The minimum absolute atomic E-state index is 0.214. The Kier molecular flexibility index (Phi) is 6.03. The lowest BCUT2D eigenvalue weighted by Crippen LogP contribution is -2.19. The number of esters is 1. The molecule has 0 aliphatic rings. The van der Waals surface area contributed by atoms with Gasteiger partial charge < -0.3 is 20.1 Å². The summed E-state index contributed by atoms with van der Waals surface area (Å²) in [6, 6.07) is 0. The van der Waals surface area contributed by atoms with Crippen LogP contribution in [0.3, 0.4) is 0 Å². The van der Waals surface area contributed by atoms with Crippen LogP contribution in [-0.4, -0.2) is 39.5 Å². The minimum atomic E-state index is -1.50. The summed E-state index contributed by atoms with van der Waals surface area (Å²) < 4.78 is 4.34. The van der Waals surface area contributed by atoms with Crippen molar-refractivity contribution >= 4 is 17.9 Å². The Labute approximate surface area is 85.3 Å². The lowest BCUT2D eigenvalue weighted by molar-refractivity contribution is -0.171. The van der Waals surface area contributed by atoms with Gasteiger partial charge in [0.1, 0.15) is 0 Å². The van der Waals surface area contributed by atoms with Gasteiger partial charge in [-0.15, -0.1) is 0 Å². The van der Waals surface area contributed by atoms with E-state index in [0.717, 1.165) is 0 Å². The molecule has 0 aromatic rings. The van der Waals surface area contributed by atoms with E-state index < -0.39 is 24.2 Å². The quantitative estimate of drug-likeness (QED) is 0.393. The molecule has 0 radical (unpaired) electrons. The Morgan fingerprint density at radius 3 is 2.00 bits per heavy atom. The first-order chi connectivity index (χ1) is 6.91. The molecule has 0 fully saturated rings. The standard InChI is InChI=1S/C8H12O7/c9-5(10)1-3-7(13)15-8(14)4-2-6(11)12/h7,13H,1-4H2,(H,9,10)(H,11,12). The predicted octanol–water partition coefficient (Wildman–Crippen LogP) is -0.422. The highest BCUT2D eigenvalue weighted by Gasteiger charge is 2.13. The normalized spacial score (nSPS) is 11.8. The zero-order valence-corrected chi connectivity index (χ0v) is 7.88. The van der Waals surface area contributed by atoms with Crippen molar-refractivity contribution in [2.75, 3.05) is 0 Å². The highest BCUT2D eigenvalue weighted by Crippen LogP contribution is 2.02. The van der Waals surface area contributed by atoms with E-state index in [2.05, 4.69) is 4.74 Å². The van der Waals surface area contributed by atoms with Crippen LogP contribution in [-0.2, 0) is 19.1 Å². The molecule has 7 heteroatoms. The van der Waals surface area contributed by atoms with Crippen LogP contribution in [0.1, 0.15) is 25.7 Å². The Balaban J connectivity index is 3.66. The highest BCUT2D eigenvalue weighted by molar-refractivity contribution is 5.76. The van der Waals surface area contributed by atoms with Gasteiger partial charge in [-0.3, -0.25) is 14.4 Å². The molecule has 0 saturated carbocycles. The molecule has 0 aromatic carbocycles. The molecular formula is C8H12O7. The van der Waals surface area contributed by atoms with Gasteiger partial charge in [-0.05, 0) is 0 Å². The van der Waals surface area contributed by atoms with Gasteiger partial charge in [-0.2, -0.15) is 0 Å². The molecule has 1 atom stereocenters. The van der Waals surface area contributed by atoms with Crippen LogP contribution < -0.4 is 0 Å². The summed E-state index contributed by atoms with van der Waals surface area (Å²) in [5.41, 5.74) is 0. The summed E-state index contributed by atoms with van der Waals surface area (Å²) in [6.45, 7) is 0. The molecule has 0 aliphatic carbocycles.